The Morgan fingerprint density at radius 3 is 2.67 bits per heavy atom. The molecular formula is C20H24BrFN4O. The van der Waals surface area contributed by atoms with Gasteiger partial charge >= 0.3 is 0 Å². The number of rotatable bonds is 7. The lowest BCUT2D eigenvalue weighted by atomic mass is 10.1. The molecule has 0 atom stereocenters. The van der Waals surface area contributed by atoms with E-state index in [0.717, 1.165) is 24.1 Å². The van der Waals surface area contributed by atoms with Crippen molar-refractivity contribution in [2.45, 2.75) is 19.9 Å². The van der Waals surface area contributed by atoms with Crippen LogP contribution in [0, 0.1) is 5.82 Å². The van der Waals surface area contributed by atoms with E-state index in [4.69, 9.17) is 0 Å². The molecule has 0 aliphatic carbocycles. The molecule has 3 N–H and O–H groups in total. The van der Waals surface area contributed by atoms with Crippen LogP contribution < -0.4 is 16.0 Å². The first-order valence-corrected chi connectivity index (χ1v) is 9.59. The SMILES string of the molecule is CCNC(=NCc1cc(F)cc(Br)c1)NCCc1cccc(C(=O)NC)c1. The minimum Gasteiger partial charge on any atom is -0.357 e. The van der Waals surface area contributed by atoms with E-state index in [9.17, 15) is 9.18 Å². The number of carbonyl (C=O) groups excluding carboxylic acids is 1. The minimum atomic E-state index is -0.288. The van der Waals surface area contributed by atoms with Crippen molar-refractivity contribution in [1.29, 1.82) is 0 Å². The van der Waals surface area contributed by atoms with E-state index >= 15 is 0 Å². The van der Waals surface area contributed by atoms with Gasteiger partial charge in [-0.05, 0) is 54.8 Å². The number of carbonyl (C=O) groups is 1. The van der Waals surface area contributed by atoms with Crippen molar-refractivity contribution in [2.24, 2.45) is 4.99 Å². The van der Waals surface area contributed by atoms with Crippen molar-refractivity contribution < 1.29 is 9.18 Å². The van der Waals surface area contributed by atoms with Crippen LogP contribution in [-0.2, 0) is 13.0 Å². The molecule has 0 bridgehead atoms. The van der Waals surface area contributed by atoms with Gasteiger partial charge in [0.05, 0.1) is 6.54 Å². The maximum atomic E-state index is 13.5. The van der Waals surface area contributed by atoms with Crippen LogP contribution in [0.2, 0.25) is 0 Å². The number of benzene rings is 2. The van der Waals surface area contributed by atoms with Gasteiger partial charge in [-0.3, -0.25) is 4.79 Å². The molecule has 0 aromatic heterocycles. The third kappa shape index (κ3) is 7.02. The zero-order chi connectivity index (χ0) is 19.6. The van der Waals surface area contributed by atoms with Gasteiger partial charge in [-0.25, -0.2) is 9.38 Å². The smallest absolute Gasteiger partial charge is 0.251 e. The van der Waals surface area contributed by atoms with Crippen molar-refractivity contribution in [3.63, 3.8) is 0 Å². The van der Waals surface area contributed by atoms with Crippen LogP contribution in [0.25, 0.3) is 0 Å². The second-order valence-corrected chi connectivity index (χ2v) is 6.84. The fraction of sp³-hybridized carbons (Fsp3) is 0.300. The van der Waals surface area contributed by atoms with Crippen LogP contribution >= 0.6 is 15.9 Å². The standard InChI is InChI=1S/C20H24BrFN4O/c1-3-24-20(26-13-15-10-17(21)12-18(22)11-15)25-8-7-14-5-4-6-16(9-14)19(27)23-2/h4-6,9-12H,3,7-8,13H2,1-2H3,(H,23,27)(H2,24,25,26). The lowest BCUT2D eigenvalue weighted by Crippen LogP contribution is -2.38. The van der Waals surface area contributed by atoms with E-state index in [1.807, 2.05) is 31.2 Å². The monoisotopic (exact) mass is 434 g/mol. The third-order valence-electron chi connectivity index (χ3n) is 3.81. The molecule has 0 fully saturated rings. The molecule has 0 saturated carbocycles. The van der Waals surface area contributed by atoms with E-state index in [1.165, 1.54) is 12.1 Å². The highest BCUT2D eigenvalue weighted by atomic mass is 79.9. The van der Waals surface area contributed by atoms with Gasteiger partial charge in [0.25, 0.3) is 5.91 Å². The van der Waals surface area contributed by atoms with E-state index < -0.39 is 0 Å². The fourth-order valence-electron chi connectivity index (χ4n) is 2.55. The Bertz CT molecular complexity index is 790. The maximum absolute atomic E-state index is 13.5. The molecule has 2 rings (SSSR count). The van der Waals surface area contributed by atoms with Gasteiger partial charge in [0.2, 0.25) is 0 Å². The Labute approximate surface area is 167 Å². The molecule has 0 aliphatic heterocycles. The number of nitrogens with one attached hydrogen (secondary N) is 3. The van der Waals surface area contributed by atoms with E-state index in [2.05, 4.69) is 36.9 Å². The summed E-state index contributed by atoms with van der Waals surface area (Å²) in [5.74, 6) is 0.282. The molecule has 0 spiro atoms. The van der Waals surface area contributed by atoms with Gasteiger partial charge in [-0.2, -0.15) is 0 Å². The molecule has 2 aromatic carbocycles. The summed E-state index contributed by atoms with van der Waals surface area (Å²) in [6, 6.07) is 12.3. The second kappa shape index (κ2) is 10.7. The van der Waals surface area contributed by atoms with Crippen LogP contribution in [0.3, 0.4) is 0 Å². The van der Waals surface area contributed by atoms with Crippen LogP contribution in [-0.4, -0.2) is 32.0 Å². The summed E-state index contributed by atoms with van der Waals surface area (Å²) in [5.41, 5.74) is 2.50. The summed E-state index contributed by atoms with van der Waals surface area (Å²) in [4.78, 5) is 16.2. The number of hydrogen-bond acceptors (Lipinski definition) is 2. The van der Waals surface area contributed by atoms with Gasteiger partial charge in [0.1, 0.15) is 5.82 Å². The van der Waals surface area contributed by atoms with E-state index in [0.29, 0.717) is 29.1 Å². The van der Waals surface area contributed by atoms with Crippen molar-refractivity contribution in [1.82, 2.24) is 16.0 Å². The largest absolute Gasteiger partial charge is 0.357 e. The molecule has 7 heteroatoms. The topological polar surface area (TPSA) is 65.5 Å². The highest BCUT2D eigenvalue weighted by Gasteiger charge is 2.04. The second-order valence-electron chi connectivity index (χ2n) is 5.93. The van der Waals surface area contributed by atoms with Crippen LogP contribution in [0.5, 0.6) is 0 Å². The normalized spacial score (nSPS) is 11.2. The predicted octanol–water partition coefficient (Wildman–Crippen LogP) is 3.25. The highest BCUT2D eigenvalue weighted by Crippen LogP contribution is 2.15. The number of guanidine groups is 1. The van der Waals surface area contributed by atoms with Crippen LogP contribution in [0.1, 0.15) is 28.4 Å². The molecule has 0 radical (unpaired) electrons. The van der Waals surface area contributed by atoms with Crippen molar-refractivity contribution >= 4 is 27.8 Å². The summed E-state index contributed by atoms with van der Waals surface area (Å²) in [6.45, 7) is 3.75. The molecule has 1 amide bonds. The number of nitrogens with zero attached hydrogens (tertiary/aromatic N) is 1. The molecular weight excluding hydrogens is 411 g/mol. The first-order chi connectivity index (χ1) is 13.0. The van der Waals surface area contributed by atoms with Gasteiger partial charge in [0.15, 0.2) is 5.96 Å². The summed E-state index contributed by atoms with van der Waals surface area (Å²) in [6.07, 6.45) is 0.751. The molecule has 0 saturated heterocycles. The van der Waals surface area contributed by atoms with E-state index in [-0.39, 0.29) is 11.7 Å². The van der Waals surface area contributed by atoms with Gasteiger partial charge < -0.3 is 16.0 Å². The van der Waals surface area contributed by atoms with Crippen molar-refractivity contribution in [3.05, 3.63) is 69.4 Å². The van der Waals surface area contributed by atoms with Crippen LogP contribution in [0.15, 0.2) is 51.9 Å². The molecule has 2 aromatic rings. The Morgan fingerprint density at radius 1 is 1.15 bits per heavy atom. The zero-order valence-electron chi connectivity index (χ0n) is 15.5. The molecule has 0 unspecified atom stereocenters. The molecule has 5 nitrogen and oxygen atoms in total. The average Bonchev–Trinajstić information content (AvgIpc) is 2.65. The van der Waals surface area contributed by atoms with E-state index in [1.54, 1.807) is 13.1 Å². The summed E-state index contributed by atoms with van der Waals surface area (Å²) in [5, 5.41) is 9.07. The highest BCUT2D eigenvalue weighted by molar-refractivity contribution is 9.10. The first kappa shape index (κ1) is 20.9. The predicted molar refractivity (Wildman–Crippen MR) is 110 cm³/mol. The molecule has 0 heterocycles. The first-order valence-electron chi connectivity index (χ1n) is 8.80. The third-order valence-corrected chi connectivity index (χ3v) is 4.27. The van der Waals surface area contributed by atoms with Crippen LogP contribution in [0.4, 0.5) is 4.39 Å². The number of halogens is 2. The average molecular weight is 435 g/mol. The quantitative estimate of drug-likeness (QED) is 0.462. The molecule has 144 valence electrons. The van der Waals surface area contributed by atoms with Gasteiger partial charge in [-0.15, -0.1) is 0 Å². The zero-order valence-corrected chi connectivity index (χ0v) is 17.1. The lowest BCUT2D eigenvalue weighted by molar-refractivity contribution is 0.0963. The summed E-state index contributed by atoms with van der Waals surface area (Å²) < 4.78 is 14.2. The van der Waals surface area contributed by atoms with Crippen molar-refractivity contribution in [2.75, 3.05) is 20.1 Å². The van der Waals surface area contributed by atoms with Gasteiger partial charge in [-0.1, -0.05) is 28.1 Å². The Hall–Kier alpha value is -2.41. The number of aliphatic imine (C=N–C) groups is 1. The summed E-state index contributed by atoms with van der Waals surface area (Å²) >= 11 is 3.29. The van der Waals surface area contributed by atoms with Gasteiger partial charge in [0, 0.05) is 30.2 Å². The number of hydrogen-bond donors (Lipinski definition) is 3. The Morgan fingerprint density at radius 2 is 1.96 bits per heavy atom. The molecule has 0 aliphatic rings. The maximum Gasteiger partial charge on any atom is 0.251 e. The fourth-order valence-corrected chi connectivity index (χ4v) is 3.06. The lowest BCUT2D eigenvalue weighted by Gasteiger charge is -2.12. The Kier molecular flexibility index (Phi) is 8.26. The van der Waals surface area contributed by atoms with Crippen molar-refractivity contribution in [3.8, 4) is 0 Å². The Balaban J connectivity index is 1.95. The number of amides is 1. The minimum absolute atomic E-state index is 0.0963. The molecule has 27 heavy (non-hydrogen) atoms. The summed E-state index contributed by atoms with van der Waals surface area (Å²) in [7, 11) is 1.62.